The molecule has 0 spiro atoms. The van der Waals surface area contributed by atoms with Crippen LogP contribution >= 0.6 is 0 Å². The molecule has 1 unspecified atom stereocenters. The van der Waals surface area contributed by atoms with E-state index in [4.69, 9.17) is 10.2 Å². The molecule has 3 aromatic rings. The Morgan fingerprint density at radius 3 is 2.65 bits per heavy atom. The first-order valence-corrected chi connectivity index (χ1v) is 6.63. The molecular weight excluding hydrogens is 253 g/mol. The van der Waals surface area contributed by atoms with Crippen molar-refractivity contribution in [3.8, 4) is 0 Å². The van der Waals surface area contributed by atoms with E-state index in [1.807, 2.05) is 37.3 Å². The zero-order chi connectivity index (χ0) is 14.1. The lowest BCUT2D eigenvalue weighted by Gasteiger charge is -2.10. The minimum atomic E-state index is -0.260. The Morgan fingerprint density at radius 1 is 1.15 bits per heavy atom. The van der Waals surface area contributed by atoms with Crippen molar-refractivity contribution in [2.75, 3.05) is 0 Å². The first-order chi connectivity index (χ1) is 9.65. The fraction of sp³-hybridized carbons (Fsp3) is 0.176. The van der Waals surface area contributed by atoms with Gasteiger partial charge >= 0.3 is 0 Å². The van der Waals surface area contributed by atoms with Gasteiger partial charge in [-0.25, -0.2) is 4.39 Å². The molecule has 102 valence electrons. The van der Waals surface area contributed by atoms with Crippen LogP contribution in [-0.2, 0) is 6.42 Å². The Bertz CT molecular complexity index is 733. The molecule has 20 heavy (non-hydrogen) atoms. The van der Waals surface area contributed by atoms with Crippen LogP contribution in [-0.4, -0.2) is 0 Å². The van der Waals surface area contributed by atoms with Gasteiger partial charge in [0.2, 0.25) is 0 Å². The predicted octanol–water partition coefficient (Wildman–Crippen LogP) is 4.12. The molecule has 2 aromatic carbocycles. The number of benzene rings is 2. The van der Waals surface area contributed by atoms with Gasteiger partial charge in [0, 0.05) is 10.9 Å². The highest BCUT2D eigenvalue weighted by Crippen LogP contribution is 2.30. The number of hydrogen-bond donors (Lipinski definition) is 1. The molecule has 2 nitrogen and oxygen atoms in total. The summed E-state index contributed by atoms with van der Waals surface area (Å²) in [5.41, 5.74) is 9.00. The highest BCUT2D eigenvalue weighted by atomic mass is 19.1. The molecule has 0 saturated carbocycles. The first-order valence-electron chi connectivity index (χ1n) is 6.63. The second-order valence-electron chi connectivity index (χ2n) is 5.03. The third-order valence-corrected chi connectivity index (χ3v) is 3.57. The van der Waals surface area contributed by atoms with Crippen LogP contribution in [0.25, 0.3) is 11.0 Å². The maximum Gasteiger partial charge on any atom is 0.134 e. The summed E-state index contributed by atoms with van der Waals surface area (Å²) in [6, 6.07) is 14.3. The summed E-state index contributed by atoms with van der Waals surface area (Å²) < 4.78 is 19.1. The van der Waals surface area contributed by atoms with Gasteiger partial charge in [-0.3, -0.25) is 0 Å². The average Bonchev–Trinajstić information content (AvgIpc) is 2.77. The molecule has 1 aromatic heterocycles. The third kappa shape index (κ3) is 2.32. The maximum atomic E-state index is 13.3. The van der Waals surface area contributed by atoms with E-state index in [2.05, 4.69) is 0 Å². The summed E-state index contributed by atoms with van der Waals surface area (Å²) in [7, 11) is 0. The molecular formula is C17H16FNO. The zero-order valence-corrected chi connectivity index (χ0v) is 11.3. The lowest BCUT2D eigenvalue weighted by atomic mass is 10.0. The van der Waals surface area contributed by atoms with Gasteiger partial charge in [-0.1, -0.05) is 30.3 Å². The highest BCUT2D eigenvalue weighted by Gasteiger charge is 2.17. The molecule has 0 amide bonds. The normalized spacial score (nSPS) is 12.8. The number of furan rings is 1. The fourth-order valence-electron chi connectivity index (χ4n) is 2.53. The Balaban J connectivity index is 1.95. The SMILES string of the molecule is Cc1c(C(N)Cc2ccccc2)oc2ccc(F)cc12. The maximum absolute atomic E-state index is 13.3. The molecule has 0 aliphatic carbocycles. The van der Waals surface area contributed by atoms with Crippen LogP contribution in [0.1, 0.15) is 22.9 Å². The van der Waals surface area contributed by atoms with Crippen LogP contribution < -0.4 is 5.73 Å². The lowest BCUT2D eigenvalue weighted by Crippen LogP contribution is -2.13. The quantitative estimate of drug-likeness (QED) is 0.776. The van der Waals surface area contributed by atoms with Gasteiger partial charge in [0.1, 0.15) is 17.2 Å². The first kappa shape index (κ1) is 12.9. The van der Waals surface area contributed by atoms with E-state index in [0.717, 1.165) is 22.3 Å². The van der Waals surface area contributed by atoms with E-state index in [1.165, 1.54) is 12.1 Å². The summed E-state index contributed by atoms with van der Waals surface area (Å²) in [6.07, 6.45) is 0.698. The topological polar surface area (TPSA) is 39.2 Å². The number of fused-ring (bicyclic) bond motifs is 1. The Labute approximate surface area is 117 Å². The standard InChI is InChI=1S/C17H16FNO/c1-11-14-10-13(18)7-8-16(14)20-17(11)15(19)9-12-5-3-2-4-6-12/h2-8,10,15H,9,19H2,1H3. The van der Waals surface area contributed by atoms with Crippen LogP contribution in [0.4, 0.5) is 4.39 Å². The molecule has 0 fully saturated rings. The number of nitrogens with two attached hydrogens (primary N) is 1. The summed E-state index contributed by atoms with van der Waals surface area (Å²) in [6.45, 7) is 1.92. The van der Waals surface area contributed by atoms with Gasteiger partial charge in [0.15, 0.2) is 0 Å². The van der Waals surface area contributed by atoms with Gasteiger partial charge < -0.3 is 10.2 Å². The van der Waals surface area contributed by atoms with E-state index in [-0.39, 0.29) is 11.9 Å². The Morgan fingerprint density at radius 2 is 1.90 bits per heavy atom. The Hall–Kier alpha value is -2.13. The van der Waals surface area contributed by atoms with Crippen molar-refractivity contribution in [3.05, 3.63) is 71.2 Å². The monoisotopic (exact) mass is 269 g/mol. The molecule has 0 aliphatic rings. The predicted molar refractivity (Wildman–Crippen MR) is 78.0 cm³/mol. The smallest absolute Gasteiger partial charge is 0.134 e. The van der Waals surface area contributed by atoms with Crippen LogP contribution in [0, 0.1) is 12.7 Å². The molecule has 3 rings (SSSR count). The van der Waals surface area contributed by atoms with E-state index in [9.17, 15) is 4.39 Å². The van der Waals surface area contributed by atoms with Crippen LogP contribution in [0.2, 0.25) is 0 Å². The van der Waals surface area contributed by atoms with Gasteiger partial charge in [-0.15, -0.1) is 0 Å². The lowest BCUT2D eigenvalue weighted by molar-refractivity contribution is 0.490. The zero-order valence-electron chi connectivity index (χ0n) is 11.3. The van der Waals surface area contributed by atoms with Crippen molar-refractivity contribution in [1.82, 2.24) is 0 Å². The Kier molecular flexibility index (Phi) is 3.28. The molecule has 1 atom stereocenters. The van der Waals surface area contributed by atoms with Gasteiger partial charge in [0.25, 0.3) is 0 Å². The van der Waals surface area contributed by atoms with E-state index >= 15 is 0 Å². The minimum absolute atomic E-state index is 0.229. The second kappa shape index (κ2) is 5.10. The van der Waals surface area contributed by atoms with Gasteiger partial charge in [-0.05, 0) is 37.1 Å². The molecule has 0 radical (unpaired) electrons. The molecule has 1 heterocycles. The fourth-order valence-corrected chi connectivity index (χ4v) is 2.53. The van der Waals surface area contributed by atoms with Gasteiger partial charge in [0.05, 0.1) is 6.04 Å². The van der Waals surface area contributed by atoms with E-state index in [0.29, 0.717) is 12.0 Å². The van der Waals surface area contributed by atoms with Crippen LogP contribution in [0.15, 0.2) is 52.9 Å². The van der Waals surface area contributed by atoms with Crippen molar-refractivity contribution in [2.45, 2.75) is 19.4 Å². The summed E-state index contributed by atoms with van der Waals surface area (Å²) in [5.74, 6) is 0.471. The van der Waals surface area contributed by atoms with Gasteiger partial charge in [-0.2, -0.15) is 0 Å². The summed E-state index contributed by atoms with van der Waals surface area (Å²) in [5, 5.41) is 0.795. The molecule has 2 N–H and O–H groups in total. The van der Waals surface area contributed by atoms with Crippen molar-refractivity contribution < 1.29 is 8.81 Å². The average molecular weight is 269 g/mol. The number of halogens is 1. The third-order valence-electron chi connectivity index (χ3n) is 3.57. The largest absolute Gasteiger partial charge is 0.459 e. The van der Waals surface area contributed by atoms with E-state index in [1.54, 1.807) is 6.07 Å². The van der Waals surface area contributed by atoms with Crippen molar-refractivity contribution >= 4 is 11.0 Å². The second-order valence-corrected chi connectivity index (χ2v) is 5.03. The van der Waals surface area contributed by atoms with E-state index < -0.39 is 0 Å². The molecule has 0 bridgehead atoms. The van der Waals surface area contributed by atoms with Crippen LogP contribution in [0.3, 0.4) is 0 Å². The molecule has 0 aliphatic heterocycles. The minimum Gasteiger partial charge on any atom is -0.459 e. The van der Waals surface area contributed by atoms with Crippen molar-refractivity contribution in [3.63, 3.8) is 0 Å². The molecule has 3 heteroatoms. The molecule has 0 saturated heterocycles. The number of rotatable bonds is 3. The number of hydrogen-bond acceptors (Lipinski definition) is 2. The van der Waals surface area contributed by atoms with Crippen LogP contribution in [0.5, 0.6) is 0 Å². The highest BCUT2D eigenvalue weighted by molar-refractivity contribution is 5.82. The van der Waals surface area contributed by atoms with Crippen molar-refractivity contribution in [2.24, 2.45) is 5.73 Å². The summed E-state index contributed by atoms with van der Waals surface area (Å²) >= 11 is 0. The summed E-state index contributed by atoms with van der Waals surface area (Å²) in [4.78, 5) is 0. The van der Waals surface area contributed by atoms with Crippen molar-refractivity contribution in [1.29, 1.82) is 0 Å². The number of aryl methyl sites for hydroxylation is 1.